The molecule has 1 saturated heterocycles. The summed E-state index contributed by atoms with van der Waals surface area (Å²) in [6.07, 6.45) is 4.35. The molecule has 0 spiro atoms. The van der Waals surface area contributed by atoms with Crippen molar-refractivity contribution in [1.82, 2.24) is 0 Å². The van der Waals surface area contributed by atoms with Crippen LogP contribution < -0.4 is 116 Å². The van der Waals surface area contributed by atoms with Crippen molar-refractivity contribution in [2.24, 2.45) is 5.41 Å². The Bertz CT molecular complexity index is 219. The van der Waals surface area contributed by atoms with Gasteiger partial charge in [0.05, 0.1) is 6.16 Å². The van der Waals surface area contributed by atoms with Gasteiger partial charge in [0, 0.05) is 0 Å². The molecule has 1 aliphatic rings. The minimum atomic E-state index is -2.73. The summed E-state index contributed by atoms with van der Waals surface area (Å²) in [4.78, 5) is 0. The van der Waals surface area contributed by atoms with E-state index in [1.165, 1.54) is 0 Å². The van der Waals surface area contributed by atoms with E-state index in [-0.39, 0.29) is 116 Å². The van der Waals surface area contributed by atoms with Crippen LogP contribution in [0.25, 0.3) is 0 Å². The fourth-order valence-electron chi connectivity index (χ4n) is 1.35. The van der Waals surface area contributed by atoms with Crippen LogP contribution in [0.5, 0.6) is 0 Å². The van der Waals surface area contributed by atoms with Crippen molar-refractivity contribution in [3.63, 3.8) is 0 Å². The van der Waals surface area contributed by atoms with Crippen molar-refractivity contribution in [3.8, 4) is 0 Å². The summed E-state index contributed by atoms with van der Waals surface area (Å²) in [5.74, 6) is 0. The van der Waals surface area contributed by atoms with E-state index in [9.17, 15) is 4.57 Å². The predicted molar refractivity (Wildman–Crippen MR) is 57.4 cm³/mol. The zero-order valence-corrected chi connectivity index (χ0v) is 22.0. The minimum Gasteiger partial charge on any atom is -0.341 e. The first-order chi connectivity index (χ1) is 6.41. The number of hydrogen-bond donors (Lipinski definition) is 0. The Labute approximate surface area is 197 Å². The Morgan fingerprint density at radius 2 is 1.69 bits per heavy atom. The topological polar surface area (TPSA) is 35.5 Å². The molecule has 0 aliphatic carbocycles. The third kappa shape index (κ3) is 10.5. The van der Waals surface area contributed by atoms with Crippen LogP contribution in [-0.2, 0) is 13.6 Å². The van der Waals surface area contributed by atoms with Crippen LogP contribution in [0.15, 0.2) is 0 Å². The number of hydrogen-bond acceptors (Lipinski definition) is 3. The van der Waals surface area contributed by atoms with Crippen LogP contribution in [0.4, 0.5) is 0 Å². The molecule has 0 bridgehead atoms. The van der Waals surface area contributed by atoms with Gasteiger partial charge in [-0.05, 0) is 18.3 Å². The summed E-state index contributed by atoms with van der Waals surface area (Å²) in [7, 11) is -2.73. The molecule has 0 atom stereocenters. The maximum Gasteiger partial charge on any atom is 1.00 e. The van der Waals surface area contributed by atoms with Crippen molar-refractivity contribution in [2.45, 2.75) is 33.6 Å². The molecule has 16 heavy (non-hydrogen) atoms. The zero-order valence-electron chi connectivity index (χ0n) is 11.3. The van der Waals surface area contributed by atoms with Gasteiger partial charge >= 0.3 is 124 Å². The minimum absolute atomic E-state index is 0. The summed E-state index contributed by atoms with van der Waals surface area (Å²) in [6.45, 7) is 7.47. The van der Waals surface area contributed by atoms with E-state index in [0.717, 1.165) is 12.8 Å². The zero-order chi connectivity index (χ0) is 10.7. The fourth-order valence-corrected chi connectivity index (χ4v) is 2.89. The predicted octanol–water partition coefficient (Wildman–Crippen LogP) is -2.74. The van der Waals surface area contributed by atoms with E-state index in [4.69, 9.17) is 9.05 Å². The van der Waals surface area contributed by atoms with Gasteiger partial charge in [-0.15, -0.1) is 0 Å². The summed E-state index contributed by atoms with van der Waals surface area (Å²) < 4.78 is 22.2. The van der Waals surface area contributed by atoms with Crippen molar-refractivity contribution in [1.29, 1.82) is 0 Å². The third-order valence-corrected chi connectivity index (χ3v) is 4.09. The first-order valence-electron chi connectivity index (χ1n) is 5.11. The second kappa shape index (κ2) is 10.5. The Morgan fingerprint density at radius 1 is 1.19 bits per heavy atom. The molecular formula is C10H20O3PRb2+. The summed E-state index contributed by atoms with van der Waals surface area (Å²) in [6, 6.07) is 0. The molecular weight excluding hydrogens is 370 g/mol. The van der Waals surface area contributed by atoms with Crippen molar-refractivity contribution in [2.75, 3.05) is 19.4 Å². The first-order valence-corrected chi connectivity index (χ1v) is 6.84. The normalized spacial score (nSPS) is 19.4. The van der Waals surface area contributed by atoms with Crippen LogP contribution in [0.1, 0.15) is 33.6 Å². The molecule has 0 N–H and O–H groups in total. The molecule has 84 valence electrons. The SMILES string of the molecule is CC(C)(C)CCCP1(=O)OC[CH-]CO1.[Rb+].[Rb+]. The van der Waals surface area contributed by atoms with Gasteiger partial charge in [0.25, 0.3) is 0 Å². The van der Waals surface area contributed by atoms with Gasteiger partial charge in [-0.3, -0.25) is 11.0 Å². The summed E-state index contributed by atoms with van der Waals surface area (Å²) >= 11 is 0. The second-order valence-corrected chi connectivity index (χ2v) is 7.06. The molecule has 0 aromatic rings. The Morgan fingerprint density at radius 3 is 2.12 bits per heavy atom. The molecule has 6 heteroatoms. The van der Waals surface area contributed by atoms with Gasteiger partial charge in [0.15, 0.2) is 0 Å². The van der Waals surface area contributed by atoms with E-state index in [1.807, 2.05) is 6.42 Å². The van der Waals surface area contributed by atoms with E-state index in [0.29, 0.717) is 24.8 Å². The quantitative estimate of drug-likeness (QED) is 0.388. The standard InChI is InChI=1S/C10H20O3P.2Rb/c1-10(2,3)6-4-9-14(11)12-7-5-8-13-14;;/h5H,4,6-9H2,1-3H3;;/q-1;2*+1. The van der Waals surface area contributed by atoms with Crippen molar-refractivity contribution >= 4 is 7.60 Å². The largest absolute Gasteiger partial charge is 1.00 e. The Kier molecular flexibility index (Phi) is 14.4. The van der Waals surface area contributed by atoms with E-state index >= 15 is 0 Å². The fraction of sp³-hybridized carbons (Fsp3) is 0.900. The maximum atomic E-state index is 11.9. The average Bonchev–Trinajstić information content (AvgIpc) is 2.02. The molecule has 1 aliphatic heterocycles. The molecule has 0 unspecified atom stereocenters. The molecule has 1 fully saturated rings. The Balaban J connectivity index is 0. The van der Waals surface area contributed by atoms with E-state index < -0.39 is 7.60 Å². The molecule has 1 heterocycles. The first kappa shape index (κ1) is 22.0. The maximum absolute atomic E-state index is 11.9. The molecule has 0 amide bonds. The monoisotopic (exact) mass is 389 g/mol. The van der Waals surface area contributed by atoms with Crippen LogP contribution in [0, 0.1) is 11.8 Å². The van der Waals surface area contributed by atoms with Gasteiger partial charge < -0.3 is 9.05 Å². The Hall–Kier alpha value is 3.76. The van der Waals surface area contributed by atoms with Gasteiger partial charge in [0.2, 0.25) is 0 Å². The molecule has 3 nitrogen and oxygen atoms in total. The van der Waals surface area contributed by atoms with E-state index in [1.54, 1.807) is 0 Å². The molecule has 1 rings (SSSR count). The van der Waals surface area contributed by atoms with Gasteiger partial charge in [-0.25, -0.2) is 0 Å². The molecule has 0 radical (unpaired) electrons. The van der Waals surface area contributed by atoms with Gasteiger partial charge in [-0.1, -0.05) is 34.0 Å². The van der Waals surface area contributed by atoms with Crippen LogP contribution in [0.2, 0.25) is 0 Å². The van der Waals surface area contributed by atoms with Crippen LogP contribution >= 0.6 is 7.60 Å². The van der Waals surface area contributed by atoms with Crippen molar-refractivity contribution in [3.05, 3.63) is 6.42 Å². The summed E-state index contributed by atoms with van der Waals surface area (Å²) in [5.41, 5.74) is 0.293. The van der Waals surface area contributed by atoms with Crippen LogP contribution in [-0.4, -0.2) is 19.4 Å². The second-order valence-electron chi connectivity index (χ2n) is 4.88. The number of rotatable bonds is 3. The summed E-state index contributed by atoms with van der Waals surface area (Å²) in [5, 5.41) is 0. The molecule has 0 aromatic heterocycles. The molecule has 0 aromatic carbocycles. The smallest absolute Gasteiger partial charge is 0.341 e. The van der Waals surface area contributed by atoms with Gasteiger partial charge in [-0.2, -0.15) is 0 Å². The van der Waals surface area contributed by atoms with Crippen LogP contribution in [0.3, 0.4) is 0 Å². The van der Waals surface area contributed by atoms with Gasteiger partial charge in [0.1, 0.15) is 0 Å². The third-order valence-electron chi connectivity index (χ3n) is 2.14. The molecule has 0 saturated carbocycles. The van der Waals surface area contributed by atoms with E-state index in [2.05, 4.69) is 20.8 Å². The average molecular weight is 390 g/mol. The van der Waals surface area contributed by atoms with Crippen molar-refractivity contribution < 1.29 is 130 Å².